The molecule has 2 heterocycles. The van der Waals surface area contributed by atoms with E-state index in [9.17, 15) is 4.79 Å². The number of nitrogens with one attached hydrogen (secondary N) is 1. The smallest absolute Gasteiger partial charge is 0.225 e. The summed E-state index contributed by atoms with van der Waals surface area (Å²) in [5, 5.41) is 2.85. The molecule has 1 aliphatic heterocycles. The van der Waals surface area contributed by atoms with Gasteiger partial charge in [-0.15, -0.1) is 0 Å². The molecule has 1 aliphatic rings. The second-order valence-corrected chi connectivity index (χ2v) is 5.76. The number of carbonyl (C=O) groups excluding carboxylic acids is 1. The molecule has 5 nitrogen and oxygen atoms in total. The first-order valence-corrected chi connectivity index (χ1v) is 7.32. The van der Waals surface area contributed by atoms with E-state index in [0.717, 1.165) is 24.6 Å². The molecule has 0 saturated carbocycles. The first-order valence-electron chi connectivity index (χ1n) is 7.32. The highest BCUT2D eigenvalue weighted by Gasteiger charge is 2.15. The Morgan fingerprint density at radius 1 is 1.40 bits per heavy atom. The van der Waals surface area contributed by atoms with E-state index in [4.69, 9.17) is 5.73 Å². The highest BCUT2D eigenvalue weighted by Crippen LogP contribution is 2.19. The van der Waals surface area contributed by atoms with Crippen molar-refractivity contribution in [3.8, 4) is 0 Å². The van der Waals surface area contributed by atoms with Gasteiger partial charge in [-0.1, -0.05) is 13.8 Å². The molecule has 1 aromatic rings. The predicted molar refractivity (Wildman–Crippen MR) is 81.7 cm³/mol. The molecule has 3 N–H and O–H groups in total. The Morgan fingerprint density at radius 2 is 2.10 bits per heavy atom. The molecule has 20 heavy (non-hydrogen) atoms. The van der Waals surface area contributed by atoms with Crippen LogP contribution in [0.4, 0.5) is 11.5 Å². The van der Waals surface area contributed by atoms with Crippen LogP contribution in [0.1, 0.15) is 33.1 Å². The number of hydrogen-bond acceptors (Lipinski definition) is 4. The zero-order valence-corrected chi connectivity index (χ0v) is 12.3. The summed E-state index contributed by atoms with van der Waals surface area (Å²) in [6.07, 6.45) is 4.51. The van der Waals surface area contributed by atoms with E-state index in [1.807, 2.05) is 26.0 Å². The van der Waals surface area contributed by atoms with Crippen LogP contribution < -0.4 is 16.0 Å². The standard InChI is InChI=1S/C15H24N4O/c1-11(2)13(16)9-15(20)18-12-5-6-14(17-10-12)19-7-3-4-8-19/h5-6,10-11,13H,3-4,7-9,16H2,1-2H3,(H,18,20). The lowest BCUT2D eigenvalue weighted by molar-refractivity contribution is -0.116. The quantitative estimate of drug-likeness (QED) is 0.863. The minimum atomic E-state index is -0.105. The Kier molecular flexibility index (Phi) is 4.95. The summed E-state index contributed by atoms with van der Waals surface area (Å²) in [6.45, 7) is 6.18. The lowest BCUT2D eigenvalue weighted by Crippen LogP contribution is -2.31. The number of hydrogen-bond donors (Lipinski definition) is 2. The molecule has 5 heteroatoms. The van der Waals surface area contributed by atoms with Crippen LogP contribution >= 0.6 is 0 Å². The van der Waals surface area contributed by atoms with E-state index < -0.39 is 0 Å². The van der Waals surface area contributed by atoms with E-state index in [2.05, 4.69) is 15.2 Å². The summed E-state index contributed by atoms with van der Waals surface area (Å²) in [6, 6.07) is 3.76. The van der Waals surface area contributed by atoms with E-state index in [1.165, 1.54) is 12.8 Å². The van der Waals surface area contributed by atoms with Gasteiger partial charge in [-0.3, -0.25) is 4.79 Å². The van der Waals surface area contributed by atoms with Gasteiger partial charge < -0.3 is 16.0 Å². The molecule has 0 radical (unpaired) electrons. The highest BCUT2D eigenvalue weighted by atomic mass is 16.1. The van der Waals surface area contributed by atoms with Crippen molar-refractivity contribution in [3.63, 3.8) is 0 Å². The molecule has 1 aromatic heterocycles. The third-order valence-corrected chi connectivity index (χ3v) is 3.74. The summed E-state index contributed by atoms with van der Waals surface area (Å²) in [5.41, 5.74) is 6.63. The van der Waals surface area contributed by atoms with Crippen molar-refractivity contribution in [2.45, 2.75) is 39.2 Å². The van der Waals surface area contributed by atoms with Gasteiger partial charge >= 0.3 is 0 Å². The van der Waals surface area contributed by atoms with Crippen molar-refractivity contribution in [2.75, 3.05) is 23.3 Å². The third-order valence-electron chi connectivity index (χ3n) is 3.74. The minimum Gasteiger partial charge on any atom is -0.357 e. The molecule has 1 unspecified atom stereocenters. The van der Waals surface area contributed by atoms with Crippen molar-refractivity contribution >= 4 is 17.4 Å². The Balaban J connectivity index is 1.88. The lowest BCUT2D eigenvalue weighted by atomic mass is 10.0. The molecule has 1 amide bonds. The Morgan fingerprint density at radius 3 is 2.65 bits per heavy atom. The first-order chi connectivity index (χ1) is 9.56. The third kappa shape index (κ3) is 3.93. The van der Waals surface area contributed by atoms with Crippen LogP contribution in [0.5, 0.6) is 0 Å². The predicted octanol–water partition coefficient (Wildman–Crippen LogP) is 1.99. The maximum atomic E-state index is 11.8. The van der Waals surface area contributed by atoms with Gasteiger partial charge in [-0.25, -0.2) is 4.98 Å². The average molecular weight is 276 g/mol. The molecule has 0 aromatic carbocycles. The zero-order valence-electron chi connectivity index (χ0n) is 12.3. The van der Waals surface area contributed by atoms with Crippen LogP contribution in [0.25, 0.3) is 0 Å². The number of nitrogens with zero attached hydrogens (tertiary/aromatic N) is 2. The second kappa shape index (κ2) is 6.70. The van der Waals surface area contributed by atoms with Crippen LogP contribution in [-0.4, -0.2) is 30.0 Å². The van der Waals surface area contributed by atoms with Crippen molar-refractivity contribution in [3.05, 3.63) is 18.3 Å². The summed E-state index contributed by atoms with van der Waals surface area (Å²) >= 11 is 0. The number of amides is 1. The number of carbonyl (C=O) groups is 1. The van der Waals surface area contributed by atoms with Gasteiger partial charge in [0, 0.05) is 25.6 Å². The van der Waals surface area contributed by atoms with Crippen LogP contribution in [0.3, 0.4) is 0 Å². The molecular weight excluding hydrogens is 252 g/mol. The van der Waals surface area contributed by atoms with E-state index >= 15 is 0 Å². The average Bonchev–Trinajstić information content (AvgIpc) is 2.93. The fourth-order valence-electron chi connectivity index (χ4n) is 2.26. The van der Waals surface area contributed by atoms with E-state index in [-0.39, 0.29) is 11.9 Å². The number of pyridine rings is 1. The summed E-state index contributed by atoms with van der Waals surface area (Å²) < 4.78 is 0. The van der Waals surface area contributed by atoms with Crippen molar-refractivity contribution in [2.24, 2.45) is 11.7 Å². The van der Waals surface area contributed by atoms with Gasteiger partial charge in [0.05, 0.1) is 11.9 Å². The van der Waals surface area contributed by atoms with Gasteiger partial charge in [0.15, 0.2) is 0 Å². The number of aromatic nitrogens is 1. The minimum absolute atomic E-state index is 0.0538. The Labute approximate surface area is 120 Å². The first kappa shape index (κ1) is 14.8. The van der Waals surface area contributed by atoms with Crippen molar-refractivity contribution in [1.29, 1.82) is 0 Å². The number of rotatable bonds is 5. The summed E-state index contributed by atoms with van der Waals surface area (Å²) in [5.74, 6) is 1.23. The largest absolute Gasteiger partial charge is 0.357 e. The van der Waals surface area contributed by atoms with Crippen molar-refractivity contribution in [1.82, 2.24) is 4.98 Å². The molecule has 1 fully saturated rings. The zero-order chi connectivity index (χ0) is 14.5. The molecule has 1 atom stereocenters. The monoisotopic (exact) mass is 276 g/mol. The fourth-order valence-corrected chi connectivity index (χ4v) is 2.26. The van der Waals surface area contributed by atoms with Crippen LogP contribution in [0, 0.1) is 5.92 Å². The SMILES string of the molecule is CC(C)C(N)CC(=O)Nc1ccc(N2CCCC2)nc1. The molecule has 2 rings (SSSR count). The lowest BCUT2D eigenvalue weighted by Gasteiger charge is -2.17. The summed E-state index contributed by atoms with van der Waals surface area (Å²) in [4.78, 5) is 18.5. The Hall–Kier alpha value is -1.62. The van der Waals surface area contributed by atoms with E-state index in [0.29, 0.717) is 12.3 Å². The number of anilines is 2. The van der Waals surface area contributed by atoms with Crippen LogP contribution in [0.2, 0.25) is 0 Å². The van der Waals surface area contributed by atoms with Gasteiger partial charge in [0.1, 0.15) is 5.82 Å². The molecule has 0 aliphatic carbocycles. The summed E-state index contributed by atoms with van der Waals surface area (Å²) in [7, 11) is 0. The number of nitrogens with two attached hydrogens (primary N) is 1. The molecule has 0 bridgehead atoms. The maximum Gasteiger partial charge on any atom is 0.225 e. The van der Waals surface area contributed by atoms with Crippen LogP contribution in [0.15, 0.2) is 18.3 Å². The Bertz CT molecular complexity index is 438. The fraction of sp³-hybridized carbons (Fsp3) is 0.600. The van der Waals surface area contributed by atoms with Gasteiger partial charge in [0.2, 0.25) is 5.91 Å². The normalized spacial score (nSPS) is 16.5. The maximum absolute atomic E-state index is 11.8. The van der Waals surface area contributed by atoms with E-state index in [1.54, 1.807) is 6.20 Å². The molecule has 110 valence electrons. The van der Waals surface area contributed by atoms with Crippen LogP contribution in [-0.2, 0) is 4.79 Å². The molecular formula is C15H24N4O. The topological polar surface area (TPSA) is 71.2 Å². The molecule has 1 saturated heterocycles. The van der Waals surface area contributed by atoms with Gasteiger partial charge in [-0.2, -0.15) is 0 Å². The second-order valence-electron chi connectivity index (χ2n) is 5.76. The molecule has 0 spiro atoms. The highest BCUT2D eigenvalue weighted by molar-refractivity contribution is 5.91. The van der Waals surface area contributed by atoms with Crippen molar-refractivity contribution < 1.29 is 4.79 Å². The van der Waals surface area contributed by atoms with Gasteiger partial charge in [0.25, 0.3) is 0 Å². The van der Waals surface area contributed by atoms with Gasteiger partial charge in [-0.05, 0) is 30.9 Å².